The number of hydrogen-bond acceptors (Lipinski definition) is 1. The number of unbranched alkanes of at least 4 members (excludes halogenated alkanes) is 1. The topological polar surface area (TPSA) is 26.0 Å². The van der Waals surface area contributed by atoms with Gasteiger partial charge in [-0.15, -0.1) is 0 Å². The zero-order valence-corrected chi connectivity index (χ0v) is 14.8. The van der Waals surface area contributed by atoms with Gasteiger partial charge in [0.1, 0.15) is 0 Å². The second kappa shape index (κ2) is 7.97. The largest absolute Gasteiger partial charge is 0.323 e. The van der Waals surface area contributed by atoms with Gasteiger partial charge < -0.3 is 10.2 Å². The van der Waals surface area contributed by atoms with E-state index in [-0.39, 0.29) is 0 Å². The molecular formula is C19H39N2+. The lowest BCUT2D eigenvalue weighted by atomic mass is 9.81. The van der Waals surface area contributed by atoms with Crippen molar-refractivity contribution in [1.82, 2.24) is 0 Å². The molecule has 1 saturated heterocycles. The molecule has 0 aromatic heterocycles. The van der Waals surface area contributed by atoms with Crippen molar-refractivity contribution in [3.05, 3.63) is 0 Å². The Morgan fingerprint density at radius 3 is 2.48 bits per heavy atom. The number of hydrogen-bond donors (Lipinski definition) is 1. The maximum atomic E-state index is 6.50. The minimum absolute atomic E-state index is 0.452. The average Bonchev–Trinajstić information content (AvgIpc) is 2.38. The normalized spacial score (nSPS) is 34.1. The van der Waals surface area contributed by atoms with Crippen molar-refractivity contribution in [2.45, 2.75) is 78.2 Å². The van der Waals surface area contributed by atoms with Crippen LogP contribution in [0, 0.1) is 17.8 Å². The third-order valence-electron chi connectivity index (χ3n) is 5.92. The molecule has 2 aliphatic rings. The molecule has 124 valence electrons. The van der Waals surface area contributed by atoms with Crippen molar-refractivity contribution in [1.29, 1.82) is 0 Å². The highest BCUT2D eigenvalue weighted by Crippen LogP contribution is 2.34. The Balaban J connectivity index is 2.00. The number of quaternary nitrogens is 1. The molecule has 2 N–H and O–H groups in total. The average molecular weight is 296 g/mol. The molecule has 0 amide bonds. The highest BCUT2D eigenvalue weighted by atomic mass is 15.4. The smallest absolute Gasteiger partial charge is 0.0940 e. The van der Waals surface area contributed by atoms with Crippen LogP contribution < -0.4 is 5.73 Å². The highest BCUT2D eigenvalue weighted by Gasteiger charge is 2.40. The van der Waals surface area contributed by atoms with Gasteiger partial charge in [0.15, 0.2) is 0 Å². The van der Waals surface area contributed by atoms with E-state index in [0.717, 1.165) is 17.8 Å². The Hall–Kier alpha value is -0.0800. The third-order valence-corrected chi connectivity index (χ3v) is 5.92. The summed E-state index contributed by atoms with van der Waals surface area (Å²) in [7, 11) is 0. The summed E-state index contributed by atoms with van der Waals surface area (Å²) in [6.07, 6.45) is 11.2. The van der Waals surface area contributed by atoms with Crippen molar-refractivity contribution >= 4 is 0 Å². The first kappa shape index (κ1) is 17.3. The van der Waals surface area contributed by atoms with Crippen LogP contribution in [0.4, 0.5) is 0 Å². The predicted molar refractivity (Wildman–Crippen MR) is 92.1 cm³/mol. The molecule has 1 heterocycles. The van der Waals surface area contributed by atoms with E-state index >= 15 is 0 Å². The van der Waals surface area contributed by atoms with Gasteiger partial charge in [0.2, 0.25) is 0 Å². The summed E-state index contributed by atoms with van der Waals surface area (Å²) >= 11 is 0. The molecule has 1 saturated carbocycles. The van der Waals surface area contributed by atoms with Gasteiger partial charge in [-0.2, -0.15) is 0 Å². The van der Waals surface area contributed by atoms with Crippen LogP contribution in [0.3, 0.4) is 0 Å². The molecule has 0 spiro atoms. The molecule has 0 aromatic rings. The highest BCUT2D eigenvalue weighted by molar-refractivity contribution is 4.78. The molecule has 0 radical (unpaired) electrons. The summed E-state index contributed by atoms with van der Waals surface area (Å²) in [6, 6.07) is 0.452. The minimum Gasteiger partial charge on any atom is -0.323 e. The lowest BCUT2D eigenvalue weighted by Crippen LogP contribution is -2.62. The molecule has 0 aromatic carbocycles. The molecular weight excluding hydrogens is 256 g/mol. The van der Waals surface area contributed by atoms with Crippen LogP contribution in [0.25, 0.3) is 0 Å². The van der Waals surface area contributed by atoms with Crippen molar-refractivity contribution in [2.24, 2.45) is 23.5 Å². The fraction of sp³-hybridized carbons (Fsp3) is 1.00. The summed E-state index contributed by atoms with van der Waals surface area (Å²) in [6.45, 7) is 12.6. The molecule has 0 bridgehead atoms. The van der Waals surface area contributed by atoms with Crippen molar-refractivity contribution in [2.75, 3.05) is 26.2 Å². The molecule has 2 fully saturated rings. The molecule has 2 rings (SSSR count). The number of nitrogens with zero attached hydrogens (tertiary/aromatic N) is 1. The molecule has 2 nitrogen and oxygen atoms in total. The Morgan fingerprint density at radius 1 is 1.14 bits per heavy atom. The van der Waals surface area contributed by atoms with E-state index in [4.69, 9.17) is 5.73 Å². The van der Waals surface area contributed by atoms with Crippen LogP contribution in [-0.4, -0.2) is 36.7 Å². The van der Waals surface area contributed by atoms with E-state index < -0.39 is 0 Å². The summed E-state index contributed by atoms with van der Waals surface area (Å²) in [5, 5.41) is 0. The van der Waals surface area contributed by atoms with Crippen LogP contribution in [-0.2, 0) is 0 Å². The third kappa shape index (κ3) is 5.25. The van der Waals surface area contributed by atoms with E-state index in [1.165, 1.54) is 82.0 Å². The van der Waals surface area contributed by atoms with Gasteiger partial charge >= 0.3 is 0 Å². The SMILES string of the molecule is CCCCC1CC(N)C[N+](CCC(C)C)(CC2CCC2)C1. The van der Waals surface area contributed by atoms with Crippen LogP contribution in [0.15, 0.2) is 0 Å². The lowest BCUT2D eigenvalue weighted by Gasteiger charge is -2.50. The zero-order valence-electron chi connectivity index (χ0n) is 14.8. The van der Waals surface area contributed by atoms with Crippen molar-refractivity contribution in [3.63, 3.8) is 0 Å². The van der Waals surface area contributed by atoms with Gasteiger partial charge in [-0.3, -0.25) is 0 Å². The van der Waals surface area contributed by atoms with Gasteiger partial charge in [0, 0.05) is 11.8 Å². The first-order chi connectivity index (χ1) is 10.0. The zero-order chi connectivity index (χ0) is 15.3. The summed E-state index contributed by atoms with van der Waals surface area (Å²) < 4.78 is 1.36. The first-order valence-electron chi connectivity index (χ1n) is 9.63. The Labute approximate surface area is 133 Å². The van der Waals surface area contributed by atoms with Crippen LogP contribution >= 0.6 is 0 Å². The van der Waals surface area contributed by atoms with Gasteiger partial charge in [-0.05, 0) is 38.0 Å². The monoisotopic (exact) mass is 295 g/mol. The lowest BCUT2D eigenvalue weighted by molar-refractivity contribution is -0.940. The second-order valence-corrected chi connectivity index (χ2v) is 8.60. The maximum Gasteiger partial charge on any atom is 0.0940 e. The maximum absolute atomic E-state index is 6.50. The van der Waals surface area contributed by atoms with Gasteiger partial charge in [-0.25, -0.2) is 0 Å². The Kier molecular flexibility index (Phi) is 6.55. The summed E-state index contributed by atoms with van der Waals surface area (Å²) in [5.41, 5.74) is 6.50. The molecule has 1 aliphatic carbocycles. The number of nitrogens with two attached hydrogens (primary N) is 1. The molecule has 3 atom stereocenters. The van der Waals surface area contributed by atoms with E-state index in [2.05, 4.69) is 20.8 Å². The molecule has 3 unspecified atom stereocenters. The Morgan fingerprint density at radius 2 is 1.90 bits per heavy atom. The number of likely N-dealkylation sites (tertiary alicyclic amines) is 1. The van der Waals surface area contributed by atoms with Crippen LogP contribution in [0.5, 0.6) is 0 Å². The quantitative estimate of drug-likeness (QED) is 0.668. The van der Waals surface area contributed by atoms with Crippen LogP contribution in [0.2, 0.25) is 0 Å². The van der Waals surface area contributed by atoms with Gasteiger partial charge in [0.25, 0.3) is 0 Å². The second-order valence-electron chi connectivity index (χ2n) is 8.60. The van der Waals surface area contributed by atoms with Crippen molar-refractivity contribution in [3.8, 4) is 0 Å². The Bertz CT molecular complexity index is 298. The number of piperidine rings is 1. The summed E-state index contributed by atoms with van der Waals surface area (Å²) in [5.74, 6) is 2.73. The predicted octanol–water partition coefficient (Wildman–Crippen LogP) is 4.19. The standard InChI is InChI=1S/C19H39N2/c1-4-5-7-18-12-19(20)15-21(14-18,11-10-16(2)3)13-17-8-6-9-17/h16-19H,4-15,20H2,1-3H3/q+1. The van der Waals surface area contributed by atoms with Gasteiger partial charge in [0.05, 0.1) is 32.2 Å². The summed E-state index contributed by atoms with van der Waals surface area (Å²) in [4.78, 5) is 0. The van der Waals surface area contributed by atoms with Crippen molar-refractivity contribution < 1.29 is 4.48 Å². The molecule has 21 heavy (non-hydrogen) atoms. The van der Waals surface area contributed by atoms with Gasteiger partial charge in [-0.1, -0.05) is 40.0 Å². The van der Waals surface area contributed by atoms with E-state index in [1.54, 1.807) is 0 Å². The van der Waals surface area contributed by atoms with E-state index in [9.17, 15) is 0 Å². The fourth-order valence-corrected chi connectivity index (χ4v) is 4.58. The minimum atomic E-state index is 0.452. The van der Waals surface area contributed by atoms with E-state index in [0.29, 0.717) is 6.04 Å². The first-order valence-corrected chi connectivity index (χ1v) is 9.63. The number of rotatable bonds is 8. The molecule has 1 aliphatic heterocycles. The fourth-order valence-electron chi connectivity index (χ4n) is 4.58. The molecule has 2 heteroatoms. The van der Waals surface area contributed by atoms with E-state index in [1.807, 2.05) is 0 Å². The van der Waals surface area contributed by atoms with Crippen LogP contribution in [0.1, 0.15) is 72.1 Å².